The Kier molecular flexibility index (Phi) is 4.97. The predicted molar refractivity (Wildman–Crippen MR) is 49.1 cm³/mol. The smallest absolute Gasteiger partial charge is 0.306 e. The maximum Gasteiger partial charge on any atom is 0.306 e. The number of nitrogens with two attached hydrogens (primary N) is 1. The zero-order chi connectivity index (χ0) is 11.4. The Labute approximate surface area is 82.6 Å². The molecule has 84 valence electrons. The molecular formula is C9H17F2NO2. The molecule has 14 heavy (non-hydrogen) atoms. The molecule has 0 heterocycles. The van der Waals surface area contributed by atoms with Gasteiger partial charge in [0.25, 0.3) is 6.43 Å². The summed E-state index contributed by atoms with van der Waals surface area (Å²) in [6, 6.07) is -1.25. The van der Waals surface area contributed by atoms with Gasteiger partial charge in [0.1, 0.15) is 5.60 Å². The summed E-state index contributed by atoms with van der Waals surface area (Å²) in [6.45, 7) is 5.16. The first-order chi connectivity index (χ1) is 6.22. The Balaban J connectivity index is 3.75. The van der Waals surface area contributed by atoms with Gasteiger partial charge in [-0.2, -0.15) is 0 Å². The highest BCUT2D eigenvalue weighted by Gasteiger charge is 2.20. The largest absolute Gasteiger partial charge is 0.460 e. The zero-order valence-electron chi connectivity index (χ0n) is 8.72. The van der Waals surface area contributed by atoms with Crippen LogP contribution < -0.4 is 5.73 Å². The van der Waals surface area contributed by atoms with Gasteiger partial charge >= 0.3 is 5.97 Å². The second-order valence-corrected chi connectivity index (χ2v) is 4.12. The van der Waals surface area contributed by atoms with Crippen LogP contribution in [0.3, 0.4) is 0 Å². The van der Waals surface area contributed by atoms with Gasteiger partial charge in [-0.05, 0) is 27.2 Å². The van der Waals surface area contributed by atoms with E-state index in [1.54, 1.807) is 20.8 Å². The quantitative estimate of drug-likeness (QED) is 0.717. The third-order valence-electron chi connectivity index (χ3n) is 1.43. The molecule has 0 saturated heterocycles. The summed E-state index contributed by atoms with van der Waals surface area (Å²) in [6.07, 6.45) is -2.70. The summed E-state index contributed by atoms with van der Waals surface area (Å²) in [4.78, 5) is 11.1. The van der Waals surface area contributed by atoms with Crippen molar-refractivity contribution < 1.29 is 18.3 Å². The Hall–Kier alpha value is -0.710. The molecule has 3 nitrogen and oxygen atoms in total. The van der Waals surface area contributed by atoms with Crippen LogP contribution in [0.25, 0.3) is 0 Å². The van der Waals surface area contributed by atoms with E-state index in [9.17, 15) is 13.6 Å². The summed E-state index contributed by atoms with van der Waals surface area (Å²) in [7, 11) is 0. The van der Waals surface area contributed by atoms with Crippen molar-refractivity contribution in [3.05, 3.63) is 0 Å². The van der Waals surface area contributed by atoms with Gasteiger partial charge in [0.05, 0.1) is 6.04 Å². The van der Waals surface area contributed by atoms with Gasteiger partial charge in [-0.3, -0.25) is 4.79 Å². The van der Waals surface area contributed by atoms with E-state index in [2.05, 4.69) is 0 Å². The van der Waals surface area contributed by atoms with Crippen molar-refractivity contribution in [1.82, 2.24) is 0 Å². The topological polar surface area (TPSA) is 52.3 Å². The van der Waals surface area contributed by atoms with Crippen LogP contribution in [0.5, 0.6) is 0 Å². The number of halogens is 2. The molecule has 5 heteroatoms. The molecule has 0 amide bonds. The van der Waals surface area contributed by atoms with Gasteiger partial charge in [0, 0.05) is 6.42 Å². The summed E-state index contributed by atoms with van der Waals surface area (Å²) in [5.74, 6) is -0.492. The van der Waals surface area contributed by atoms with Crippen LogP contribution in [-0.4, -0.2) is 24.0 Å². The monoisotopic (exact) mass is 209 g/mol. The van der Waals surface area contributed by atoms with Crippen molar-refractivity contribution in [2.45, 2.75) is 51.7 Å². The number of carbonyl (C=O) groups excluding carboxylic acids is 1. The lowest BCUT2D eigenvalue weighted by Crippen LogP contribution is -2.30. The summed E-state index contributed by atoms with van der Waals surface area (Å²) >= 11 is 0. The average Bonchev–Trinajstić information content (AvgIpc) is 1.96. The maximum atomic E-state index is 11.9. The minimum atomic E-state index is -2.59. The van der Waals surface area contributed by atoms with E-state index in [1.165, 1.54) is 0 Å². The third kappa shape index (κ3) is 6.77. The van der Waals surface area contributed by atoms with Crippen LogP contribution in [0.15, 0.2) is 0 Å². The van der Waals surface area contributed by atoms with E-state index in [1.807, 2.05) is 0 Å². The molecule has 2 N–H and O–H groups in total. The minimum Gasteiger partial charge on any atom is -0.460 e. The number of alkyl halides is 2. The SMILES string of the molecule is CC(C)(C)OC(=O)CC[C@@H](N)C(F)F. The molecule has 0 aromatic rings. The van der Waals surface area contributed by atoms with Gasteiger partial charge in [0.2, 0.25) is 0 Å². The van der Waals surface area contributed by atoms with Crippen LogP contribution in [0.1, 0.15) is 33.6 Å². The number of carbonyl (C=O) groups is 1. The van der Waals surface area contributed by atoms with Crippen molar-refractivity contribution in [3.8, 4) is 0 Å². The second kappa shape index (κ2) is 5.24. The number of rotatable bonds is 4. The predicted octanol–water partition coefficient (Wildman–Crippen LogP) is 1.70. The maximum absolute atomic E-state index is 11.9. The van der Waals surface area contributed by atoms with Crippen molar-refractivity contribution in [2.75, 3.05) is 0 Å². The normalized spacial score (nSPS) is 14.2. The summed E-state index contributed by atoms with van der Waals surface area (Å²) in [5.41, 5.74) is 4.49. The van der Waals surface area contributed by atoms with E-state index >= 15 is 0 Å². The number of hydrogen-bond donors (Lipinski definition) is 1. The minimum absolute atomic E-state index is 0.0490. The molecule has 1 atom stereocenters. The molecule has 0 aromatic heterocycles. The molecule has 0 unspecified atom stereocenters. The standard InChI is InChI=1S/C9H17F2NO2/c1-9(2,3)14-7(13)5-4-6(12)8(10)11/h6,8H,4-5,12H2,1-3H3/t6-/m1/s1. The van der Waals surface area contributed by atoms with Crippen LogP contribution in [0.2, 0.25) is 0 Å². The second-order valence-electron chi connectivity index (χ2n) is 4.12. The van der Waals surface area contributed by atoms with Crippen LogP contribution in [-0.2, 0) is 9.53 Å². The first kappa shape index (κ1) is 13.3. The Morgan fingerprint density at radius 1 is 1.43 bits per heavy atom. The molecule has 0 aliphatic carbocycles. The van der Waals surface area contributed by atoms with E-state index in [0.29, 0.717) is 0 Å². The van der Waals surface area contributed by atoms with Crippen molar-refractivity contribution >= 4 is 5.97 Å². The number of ether oxygens (including phenoxy) is 1. The van der Waals surface area contributed by atoms with Gasteiger partial charge in [0.15, 0.2) is 0 Å². The lowest BCUT2D eigenvalue weighted by Gasteiger charge is -2.20. The fourth-order valence-corrected chi connectivity index (χ4v) is 0.803. The lowest BCUT2D eigenvalue weighted by molar-refractivity contribution is -0.155. The molecule has 0 aromatic carbocycles. The van der Waals surface area contributed by atoms with Crippen LogP contribution in [0, 0.1) is 0 Å². The molecule has 0 aliphatic rings. The van der Waals surface area contributed by atoms with Crippen LogP contribution in [0.4, 0.5) is 8.78 Å². The fraction of sp³-hybridized carbons (Fsp3) is 0.889. The molecule has 0 spiro atoms. The van der Waals surface area contributed by atoms with Crippen molar-refractivity contribution in [3.63, 3.8) is 0 Å². The van der Waals surface area contributed by atoms with Gasteiger partial charge < -0.3 is 10.5 Å². The van der Waals surface area contributed by atoms with Gasteiger partial charge in [-0.1, -0.05) is 0 Å². The van der Waals surface area contributed by atoms with Gasteiger partial charge in [-0.25, -0.2) is 8.78 Å². The Morgan fingerprint density at radius 3 is 2.29 bits per heavy atom. The Bertz CT molecular complexity index is 190. The van der Waals surface area contributed by atoms with E-state index in [0.717, 1.165) is 0 Å². The highest BCUT2D eigenvalue weighted by molar-refractivity contribution is 5.69. The lowest BCUT2D eigenvalue weighted by atomic mass is 10.1. The summed E-state index contributed by atoms with van der Waals surface area (Å²) in [5, 5.41) is 0. The van der Waals surface area contributed by atoms with Crippen LogP contribution >= 0.6 is 0 Å². The molecule has 0 rings (SSSR count). The van der Waals surface area contributed by atoms with Crippen molar-refractivity contribution in [1.29, 1.82) is 0 Å². The van der Waals surface area contributed by atoms with Gasteiger partial charge in [-0.15, -0.1) is 0 Å². The number of hydrogen-bond acceptors (Lipinski definition) is 3. The molecule has 0 bridgehead atoms. The molecule has 0 saturated carbocycles. The molecule has 0 radical (unpaired) electrons. The zero-order valence-corrected chi connectivity index (χ0v) is 8.72. The van der Waals surface area contributed by atoms with E-state index < -0.39 is 24.0 Å². The molecular weight excluding hydrogens is 192 g/mol. The van der Waals surface area contributed by atoms with E-state index in [4.69, 9.17) is 10.5 Å². The Morgan fingerprint density at radius 2 is 1.93 bits per heavy atom. The first-order valence-corrected chi connectivity index (χ1v) is 4.48. The first-order valence-electron chi connectivity index (χ1n) is 4.48. The third-order valence-corrected chi connectivity index (χ3v) is 1.43. The molecule has 0 aliphatic heterocycles. The molecule has 0 fully saturated rings. The highest BCUT2D eigenvalue weighted by Crippen LogP contribution is 2.11. The number of esters is 1. The van der Waals surface area contributed by atoms with Crippen molar-refractivity contribution in [2.24, 2.45) is 5.73 Å². The fourth-order valence-electron chi connectivity index (χ4n) is 0.803. The highest BCUT2D eigenvalue weighted by atomic mass is 19.3. The summed E-state index contributed by atoms with van der Waals surface area (Å²) < 4.78 is 28.8. The average molecular weight is 209 g/mol. The van der Waals surface area contributed by atoms with E-state index in [-0.39, 0.29) is 12.8 Å².